The van der Waals surface area contributed by atoms with E-state index < -0.39 is 12.5 Å². The minimum absolute atomic E-state index is 0.149. The van der Waals surface area contributed by atoms with Crippen molar-refractivity contribution in [3.05, 3.63) is 65.3 Å². The van der Waals surface area contributed by atoms with Crippen molar-refractivity contribution < 1.29 is 13.5 Å². The van der Waals surface area contributed by atoms with E-state index in [-0.39, 0.29) is 11.5 Å². The molecule has 1 aromatic heterocycles. The van der Waals surface area contributed by atoms with E-state index in [1.165, 1.54) is 24.9 Å². The van der Waals surface area contributed by atoms with Gasteiger partial charge in [-0.15, -0.1) is 11.8 Å². The smallest absolute Gasteiger partial charge is 0.302 e. The summed E-state index contributed by atoms with van der Waals surface area (Å²) in [6.07, 6.45) is 1.38. The van der Waals surface area contributed by atoms with Crippen LogP contribution >= 0.6 is 23.4 Å². The van der Waals surface area contributed by atoms with Crippen molar-refractivity contribution in [1.82, 2.24) is 4.98 Å². The van der Waals surface area contributed by atoms with Crippen LogP contribution < -0.4 is 4.74 Å². The molecule has 0 amide bonds. The molecule has 0 saturated carbocycles. The Balaban J connectivity index is 2.09. The molecular weight excluding hydrogens is 340 g/mol. The molecule has 0 aliphatic rings. The lowest BCUT2D eigenvalue weighted by molar-refractivity contribution is -0.00787. The van der Waals surface area contributed by atoms with Crippen molar-refractivity contribution in [2.24, 2.45) is 0 Å². The van der Waals surface area contributed by atoms with Crippen LogP contribution in [0.3, 0.4) is 0 Å². The van der Waals surface area contributed by atoms with Gasteiger partial charge in [-0.1, -0.05) is 48.5 Å². The van der Waals surface area contributed by atoms with E-state index >= 15 is 0 Å². The van der Waals surface area contributed by atoms with Gasteiger partial charge in [0.25, 0.3) is 0 Å². The minimum atomic E-state index is -3.09. The van der Waals surface area contributed by atoms with Crippen LogP contribution in [0.15, 0.2) is 59.6 Å². The molecule has 0 aliphatic heterocycles. The summed E-state index contributed by atoms with van der Waals surface area (Å²) in [6.45, 7) is 3.75. The van der Waals surface area contributed by atoms with Crippen molar-refractivity contribution >= 4 is 23.4 Å². The third-order valence-electron chi connectivity index (χ3n) is 3.04. The summed E-state index contributed by atoms with van der Waals surface area (Å²) in [5.74, 6) is -2.28. The molecule has 0 N–H and O–H groups in total. The molecule has 23 heavy (non-hydrogen) atoms. The predicted molar refractivity (Wildman–Crippen MR) is 90.5 cm³/mol. The SMILES string of the molecule is C=C(C)C(F)(F)COc1ncc(Cl)cc1SCc1ccccc1. The number of hydrogen-bond acceptors (Lipinski definition) is 3. The van der Waals surface area contributed by atoms with Crippen LogP contribution in [0.5, 0.6) is 5.88 Å². The molecule has 2 rings (SSSR count). The first-order valence-electron chi connectivity index (χ1n) is 6.87. The van der Waals surface area contributed by atoms with Crippen LogP contribution in [0.1, 0.15) is 12.5 Å². The third-order valence-corrected chi connectivity index (χ3v) is 4.32. The number of benzene rings is 1. The van der Waals surface area contributed by atoms with Gasteiger partial charge in [-0.3, -0.25) is 0 Å². The summed E-state index contributed by atoms with van der Waals surface area (Å²) < 4.78 is 32.4. The van der Waals surface area contributed by atoms with Crippen molar-refractivity contribution in [3.8, 4) is 5.88 Å². The average Bonchev–Trinajstić information content (AvgIpc) is 2.53. The average molecular weight is 356 g/mol. The van der Waals surface area contributed by atoms with Crippen LogP contribution in [0, 0.1) is 0 Å². The zero-order valence-electron chi connectivity index (χ0n) is 12.6. The van der Waals surface area contributed by atoms with Gasteiger partial charge >= 0.3 is 5.92 Å². The normalized spacial score (nSPS) is 11.3. The summed E-state index contributed by atoms with van der Waals surface area (Å²) >= 11 is 7.38. The Morgan fingerprint density at radius 1 is 1.35 bits per heavy atom. The number of pyridine rings is 1. The maximum Gasteiger partial charge on any atom is 0.302 e. The van der Waals surface area contributed by atoms with Crippen LogP contribution in [-0.2, 0) is 5.75 Å². The van der Waals surface area contributed by atoms with Crippen LogP contribution in [0.25, 0.3) is 0 Å². The standard InChI is InChI=1S/C17H16ClF2NOS/c1-12(2)17(19,20)11-22-16-15(8-14(18)9-21-16)23-10-13-6-4-3-5-7-13/h3-9H,1,10-11H2,2H3. The number of thioether (sulfide) groups is 1. The van der Waals surface area contributed by atoms with E-state index in [9.17, 15) is 8.78 Å². The zero-order chi connectivity index (χ0) is 16.9. The van der Waals surface area contributed by atoms with Crippen LogP contribution in [-0.4, -0.2) is 17.5 Å². The molecule has 0 bridgehead atoms. The van der Waals surface area contributed by atoms with Gasteiger partial charge in [0.2, 0.25) is 5.88 Å². The number of aromatic nitrogens is 1. The third kappa shape index (κ3) is 5.22. The maximum atomic E-state index is 13.6. The van der Waals surface area contributed by atoms with Crippen molar-refractivity contribution in [2.75, 3.05) is 6.61 Å². The molecule has 0 radical (unpaired) electrons. The fraction of sp³-hybridized carbons (Fsp3) is 0.235. The molecule has 1 heterocycles. The number of nitrogens with zero attached hydrogens (tertiary/aromatic N) is 1. The summed E-state index contributed by atoms with van der Waals surface area (Å²) in [5, 5.41) is 0.430. The van der Waals surface area contributed by atoms with E-state index in [0.717, 1.165) is 5.56 Å². The van der Waals surface area contributed by atoms with Crippen LogP contribution in [0.4, 0.5) is 8.78 Å². The van der Waals surface area contributed by atoms with E-state index in [0.29, 0.717) is 15.7 Å². The summed E-state index contributed by atoms with van der Waals surface area (Å²) in [4.78, 5) is 4.64. The fourth-order valence-corrected chi connectivity index (χ4v) is 2.82. The quantitative estimate of drug-likeness (QED) is 0.475. The Morgan fingerprint density at radius 3 is 2.70 bits per heavy atom. The molecule has 0 spiro atoms. The molecule has 0 fully saturated rings. The van der Waals surface area contributed by atoms with Crippen molar-refractivity contribution in [2.45, 2.75) is 23.5 Å². The highest BCUT2D eigenvalue weighted by Gasteiger charge is 2.31. The summed E-state index contributed by atoms with van der Waals surface area (Å²) in [6, 6.07) is 11.5. The van der Waals surface area contributed by atoms with Gasteiger partial charge in [0.1, 0.15) is 0 Å². The first kappa shape index (κ1) is 17.8. The monoisotopic (exact) mass is 355 g/mol. The summed E-state index contributed by atoms with van der Waals surface area (Å²) in [5.41, 5.74) is 0.862. The number of ether oxygens (including phenoxy) is 1. The number of hydrogen-bond donors (Lipinski definition) is 0. The molecule has 2 nitrogen and oxygen atoms in total. The molecule has 0 aliphatic carbocycles. The minimum Gasteiger partial charge on any atom is -0.470 e. The molecule has 0 unspecified atom stereocenters. The highest BCUT2D eigenvalue weighted by atomic mass is 35.5. The first-order chi connectivity index (χ1) is 10.9. The highest BCUT2D eigenvalue weighted by molar-refractivity contribution is 7.98. The van der Waals surface area contributed by atoms with Gasteiger partial charge in [0.05, 0.1) is 9.92 Å². The predicted octanol–water partition coefficient (Wildman–Crippen LogP) is 5.62. The van der Waals surface area contributed by atoms with Crippen LogP contribution in [0.2, 0.25) is 5.02 Å². The lowest BCUT2D eigenvalue weighted by atomic mass is 10.2. The number of alkyl halides is 2. The Kier molecular flexibility index (Phi) is 6.02. The molecule has 1 aromatic carbocycles. The van der Waals surface area contributed by atoms with E-state index in [1.807, 2.05) is 30.3 Å². The number of halogens is 3. The van der Waals surface area contributed by atoms with E-state index in [1.54, 1.807) is 6.07 Å². The van der Waals surface area contributed by atoms with Gasteiger partial charge < -0.3 is 4.74 Å². The Bertz CT molecular complexity index is 680. The Labute approximate surface area is 143 Å². The highest BCUT2D eigenvalue weighted by Crippen LogP contribution is 2.33. The van der Waals surface area contributed by atoms with Gasteiger partial charge in [-0.05, 0) is 24.1 Å². The van der Waals surface area contributed by atoms with E-state index in [4.69, 9.17) is 16.3 Å². The number of rotatable bonds is 7. The van der Waals surface area contributed by atoms with Gasteiger partial charge in [0, 0.05) is 11.9 Å². The summed E-state index contributed by atoms with van der Waals surface area (Å²) in [7, 11) is 0. The van der Waals surface area contributed by atoms with Gasteiger partial charge in [0.15, 0.2) is 6.61 Å². The zero-order valence-corrected chi connectivity index (χ0v) is 14.1. The molecule has 0 saturated heterocycles. The molecule has 2 aromatic rings. The Morgan fingerprint density at radius 2 is 2.04 bits per heavy atom. The lowest BCUT2D eigenvalue weighted by Gasteiger charge is -2.17. The maximum absolute atomic E-state index is 13.6. The largest absolute Gasteiger partial charge is 0.470 e. The molecule has 6 heteroatoms. The van der Waals surface area contributed by atoms with Gasteiger partial charge in [-0.2, -0.15) is 8.78 Å². The first-order valence-corrected chi connectivity index (χ1v) is 8.24. The molecule has 122 valence electrons. The van der Waals surface area contributed by atoms with Gasteiger partial charge in [-0.25, -0.2) is 4.98 Å². The van der Waals surface area contributed by atoms with Crippen molar-refractivity contribution in [1.29, 1.82) is 0 Å². The molecule has 0 atom stereocenters. The molecular formula is C17H16ClF2NOS. The second-order valence-electron chi connectivity index (χ2n) is 5.00. The lowest BCUT2D eigenvalue weighted by Crippen LogP contribution is -2.26. The second kappa shape index (κ2) is 7.79. The topological polar surface area (TPSA) is 22.1 Å². The fourth-order valence-electron chi connectivity index (χ4n) is 1.64. The Hall–Kier alpha value is -1.59. The van der Waals surface area contributed by atoms with Crippen molar-refractivity contribution in [3.63, 3.8) is 0 Å². The van der Waals surface area contributed by atoms with E-state index in [2.05, 4.69) is 11.6 Å². The second-order valence-corrected chi connectivity index (χ2v) is 6.46.